The van der Waals surface area contributed by atoms with E-state index in [1.165, 1.54) is 44.5 Å². The fourth-order valence-corrected chi connectivity index (χ4v) is 3.64. The molecule has 0 bridgehead atoms. The van der Waals surface area contributed by atoms with Crippen LogP contribution < -0.4 is 0 Å². The lowest BCUT2D eigenvalue weighted by Crippen LogP contribution is -1.98. The molecule has 26 heavy (non-hydrogen) atoms. The van der Waals surface area contributed by atoms with Crippen LogP contribution in [0.3, 0.4) is 0 Å². The highest BCUT2D eigenvalue weighted by Crippen LogP contribution is 2.35. The number of nitrogens with zero attached hydrogens (tertiary/aromatic N) is 2. The molecule has 1 heterocycles. The number of rotatable bonds is 6. The summed E-state index contributed by atoms with van der Waals surface area (Å²) in [6.07, 6.45) is 3.39. The molecule has 0 amide bonds. The van der Waals surface area contributed by atoms with Crippen molar-refractivity contribution in [2.75, 3.05) is 0 Å². The Morgan fingerprint density at radius 1 is 1.12 bits per heavy atom. The molecule has 0 fully saturated rings. The van der Waals surface area contributed by atoms with Gasteiger partial charge in [0.2, 0.25) is 0 Å². The summed E-state index contributed by atoms with van der Waals surface area (Å²) in [5.41, 5.74) is 8.64. The van der Waals surface area contributed by atoms with Gasteiger partial charge in [0.15, 0.2) is 0 Å². The van der Waals surface area contributed by atoms with Gasteiger partial charge in [-0.15, -0.1) is 0 Å². The first-order chi connectivity index (χ1) is 12.6. The SMILES string of the molecule is C=C(CC)c1c(C)n(-c2ccc(C)cc2)c2cc(CCCC#N)ccc12. The first-order valence-electron chi connectivity index (χ1n) is 9.33. The molecule has 0 N–H and O–H groups in total. The summed E-state index contributed by atoms with van der Waals surface area (Å²) < 4.78 is 2.35. The third kappa shape index (κ3) is 3.30. The molecule has 3 rings (SSSR count). The molecule has 0 radical (unpaired) electrons. The maximum atomic E-state index is 8.80. The number of unbranched alkanes of at least 4 members (excludes halogenated alkanes) is 1. The standard InChI is InChI=1S/C24H26N2/c1-5-18(3)24-19(4)26(21-12-9-17(2)10-13-21)23-16-20(8-6-7-15-25)11-14-22(23)24/h9-14,16H,3,5-8H2,1-2,4H3. The molecule has 0 spiro atoms. The lowest BCUT2D eigenvalue weighted by atomic mass is 10.00. The third-order valence-corrected chi connectivity index (χ3v) is 5.10. The number of aryl methyl sites for hydroxylation is 2. The Morgan fingerprint density at radius 2 is 1.85 bits per heavy atom. The number of allylic oxidation sites excluding steroid dienone is 1. The zero-order valence-corrected chi connectivity index (χ0v) is 16.0. The van der Waals surface area contributed by atoms with Gasteiger partial charge < -0.3 is 4.57 Å². The molecule has 2 aromatic carbocycles. The topological polar surface area (TPSA) is 28.7 Å². The zero-order valence-electron chi connectivity index (χ0n) is 16.0. The highest BCUT2D eigenvalue weighted by atomic mass is 15.0. The second-order valence-electron chi connectivity index (χ2n) is 6.95. The molecule has 3 aromatic rings. The molecule has 132 valence electrons. The molecule has 0 aliphatic rings. The van der Waals surface area contributed by atoms with Crippen molar-refractivity contribution in [2.24, 2.45) is 0 Å². The van der Waals surface area contributed by atoms with Crippen LogP contribution in [-0.2, 0) is 6.42 Å². The van der Waals surface area contributed by atoms with E-state index in [9.17, 15) is 0 Å². The van der Waals surface area contributed by atoms with Crippen LogP contribution in [0.1, 0.15) is 48.6 Å². The molecular formula is C24H26N2. The summed E-state index contributed by atoms with van der Waals surface area (Å²) in [5, 5.41) is 10.1. The minimum absolute atomic E-state index is 0.605. The Morgan fingerprint density at radius 3 is 2.50 bits per heavy atom. The van der Waals surface area contributed by atoms with E-state index in [2.05, 4.69) is 80.5 Å². The molecule has 0 unspecified atom stereocenters. The fourth-order valence-electron chi connectivity index (χ4n) is 3.64. The van der Waals surface area contributed by atoms with Gasteiger partial charge in [0.05, 0.1) is 11.6 Å². The smallest absolute Gasteiger partial charge is 0.0621 e. The summed E-state index contributed by atoms with van der Waals surface area (Å²) >= 11 is 0. The minimum Gasteiger partial charge on any atom is -0.313 e. The van der Waals surface area contributed by atoms with E-state index in [1.807, 2.05) is 0 Å². The van der Waals surface area contributed by atoms with Crippen molar-refractivity contribution >= 4 is 16.5 Å². The van der Waals surface area contributed by atoms with Gasteiger partial charge in [-0.25, -0.2) is 0 Å². The maximum absolute atomic E-state index is 8.80. The molecule has 2 heteroatoms. The Hall–Kier alpha value is -2.79. The Bertz CT molecular complexity index is 982. The maximum Gasteiger partial charge on any atom is 0.0621 e. The van der Waals surface area contributed by atoms with E-state index in [4.69, 9.17) is 5.26 Å². The van der Waals surface area contributed by atoms with Crippen LogP contribution in [0.25, 0.3) is 22.2 Å². The van der Waals surface area contributed by atoms with E-state index < -0.39 is 0 Å². The van der Waals surface area contributed by atoms with Crippen LogP contribution in [0.5, 0.6) is 0 Å². The van der Waals surface area contributed by atoms with Crippen molar-refractivity contribution in [1.29, 1.82) is 5.26 Å². The first kappa shape index (κ1) is 18.0. The average molecular weight is 342 g/mol. The molecule has 0 atom stereocenters. The van der Waals surface area contributed by atoms with Crippen molar-refractivity contribution < 1.29 is 0 Å². The van der Waals surface area contributed by atoms with Crippen molar-refractivity contribution in [3.05, 3.63) is 71.4 Å². The summed E-state index contributed by atoms with van der Waals surface area (Å²) in [6.45, 7) is 10.8. The lowest BCUT2D eigenvalue weighted by molar-refractivity contribution is 0.851. The lowest BCUT2D eigenvalue weighted by Gasteiger charge is -2.10. The Balaban J connectivity index is 2.21. The quantitative estimate of drug-likeness (QED) is 0.469. The predicted molar refractivity (Wildman–Crippen MR) is 111 cm³/mol. The van der Waals surface area contributed by atoms with Crippen LogP contribution in [0, 0.1) is 25.2 Å². The number of aromatic nitrogens is 1. The van der Waals surface area contributed by atoms with Gasteiger partial charge in [0.1, 0.15) is 0 Å². The molecule has 2 nitrogen and oxygen atoms in total. The number of hydrogen-bond acceptors (Lipinski definition) is 1. The number of nitriles is 1. The molecule has 1 aromatic heterocycles. The van der Waals surface area contributed by atoms with Crippen LogP contribution in [-0.4, -0.2) is 4.57 Å². The van der Waals surface area contributed by atoms with Gasteiger partial charge in [-0.05, 0) is 62.4 Å². The first-order valence-corrected chi connectivity index (χ1v) is 9.33. The highest BCUT2D eigenvalue weighted by Gasteiger charge is 2.17. The van der Waals surface area contributed by atoms with E-state index in [1.54, 1.807) is 0 Å². The van der Waals surface area contributed by atoms with E-state index in [-0.39, 0.29) is 0 Å². The molecule has 0 aliphatic carbocycles. The molecule has 0 saturated carbocycles. The third-order valence-electron chi connectivity index (χ3n) is 5.10. The molecule has 0 aliphatic heterocycles. The van der Waals surface area contributed by atoms with Crippen molar-refractivity contribution in [3.63, 3.8) is 0 Å². The van der Waals surface area contributed by atoms with Gasteiger partial charge in [0, 0.05) is 28.8 Å². The second-order valence-corrected chi connectivity index (χ2v) is 6.95. The summed E-state index contributed by atoms with van der Waals surface area (Å²) in [5.74, 6) is 0. The van der Waals surface area contributed by atoms with E-state index in [0.29, 0.717) is 6.42 Å². The number of hydrogen-bond donors (Lipinski definition) is 0. The van der Waals surface area contributed by atoms with Crippen molar-refractivity contribution in [1.82, 2.24) is 4.57 Å². The second kappa shape index (κ2) is 7.62. The Kier molecular flexibility index (Phi) is 5.28. The summed E-state index contributed by atoms with van der Waals surface area (Å²) in [7, 11) is 0. The monoisotopic (exact) mass is 342 g/mol. The largest absolute Gasteiger partial charge is 0.313 e. The fraction of sp³-hybridized carbons (Fsp3) is 0.292. The minimum atomic E-state index is 0.605. The van der Waals surface area contributed by atoms with Crippen LogP contribution in [0.15, 0.2) is 49.0 Å². The zero-order chi connectivity index (χ0) is 18.7. The number of fused-ring (bicyclic) bond motifs is 1. The van der Waals surface area contributed by atoms with Crippen LogP contribution in [0.2, 0.25) is 0 Å². The predicted octanol–water partition coefficient (Wildman–Crippen LogP) is 6.52. The van der Waals surface area contributed by atoms with Gasteiger partial charge in [-0.2, -0.15) is 5.26 Å². The van der Waals surface area contributed by atoms with Crippen LogP contribution in [0.4, 0.5) is 0 Å². The van der Waals surface area contributed by atoms with E-state index >= 15 is 0 Å². The summed E-state index contributed by atoms with van der Waals surface area (Å²) in [6, 6.07) is 17.6. The van der Waals surface area contributed by atoms with Crippen molar-refractivity contribution in [2.45, 2.75) is 46.5 Å². The van der Waals surface area contributed by atoms with Gasteiger partial charge in [0.25, 0.3) is 0 Å². The van der Waals surface area contributed by atoms with Crippen molar-refractivity contribution in [3.8, 4) is 11.8 Å². The van der Waals surface area contributed by atoms with Gasteiger partial charge in [-0.3, -0.25) is 0 Å². The van der Waals surface area contributed by atoms with Crippen LogP contribution >= 0.6 is 0 Å². The average Bonchev–Trinajstić information content (AvgIpc) is 2.93. The normalized spacial score (nSPS) is 10.8. The van der Waals surface area contributed by atoms with Gasteiger partial charge >= 0.3 is 0 Å². The Labute approximate surface area is 156 Å². The highest BCUT2D eigenvalue weighted by molar-refractivity contribution is 5.96. The van der Waals surface area contributed by atoms with Gasteiger partial charge in [-0.1, -0.05) is 43.3 Å². The van der Waals surface area contributed by atoms with E-state index in [0.717, 1.165) is 19.3 Å². The molecule has 0 saturated heterocycles. The molecular weight excluding hydrogens is 316 g/mol. The summed E-state index contributed by atoms with van der Waals surface area (Å²) in [4.78, 5) is 0. The number of benzene rings is 2.